The van der Waals surface area contributed by atoms with E-state index in [0.29, 0.717) is 5.56 Å². The van der Waals surface area contributed by atoms with E-state index in [-0.39, 0.29) is 42.2 Å². The first-order valence-electron chi connectivity index (χ1n) is 7.09. The lowest BCUT2D eigenvalue weighted by Crippen LogP contribution is -2.39. The standard InChI is InChI=1S/C16H21NO4S/c1-12(2)17(9-8-16(20)21)15(19)11-22-10-14(18)13-6-4-3-5-7-13/h3-7,12H,8-11H2,1-2H3,(H,20,21). The van der Waals surface area contributed by atoms with Gasteiger partial charge in [0, 0.05) is 18.2 Å². The summed E-state index contributed by atoms with van der Waals surface area (Å²) in [5.41, 5.74) is 0.633. The van der Waals surface area contributed by atoms with Crippen LogP contribution in [-0.2, 0) is 9.59 Å². The highest BCUT2D eigenvalue weighted by atomic mass is 32.2. The second-order valence-corrected chi connectivity index (χ2v) is 6.09. The van der Waals surface area contributed by atoms with E-state index in [1.807, 2.05) is 19.9 Å². The molecular weight excluding hydrogens is 302 g/mol. The Morgan fingerprint density at radius 3 is 2.32 bits per heavy atom. The van der Waals surface area contributed by atoms with E-state index in [0.717, 1.165) is 0 Å². The Hall–Kier alpha value is -1.82. The predicted octanol–water partition coefficient (Wildman–Crippen LogP) is 2.31. The number of Topliss-reactive ketones (excluding diaryl/α,β-unsaturated/α-hetero) is 1. The van der Waals surface area contributed by atoms with Crippen LogP contribution in [0.3, 0.4) is 0 Å². The molecule has 0 radical (unpaired) electrons. The average molecular weight is 323 g/mol. The number of benzene rings is 1. The third kappa shape index (κ3) is 6.30. The molecule has 0 bridgehead atoms. The normalized spacial score (nSPS) is 10.5. The maximum Gasteiger partial charge on any atom is 0.305 e. The van der Waals surface area contributed by atoms with Gasteiger partial charge in [-0.1, -0.05) is 30.3 Å². The Bertz CT molecular complexity index is 516. The molecule has 1 aromatic rings. The molecule has 5 nitrogen and oxygen atoms in total. The molecule has 0 unspecified atom stereocenters. The van der Waals surface area contributed by atoms with Crippen molar-refractivity contribution in [2.75, 3.05) is 18.1 Å². The third-order valence-corrected chi connectivity index (χ3v) is 3.98. The predicted molar refractivity (Wildman–Crippen MR) is 87.2 cm³/mol. The van der Waals surface area contributed by atoms with E-state index >= 15 is 0 Å². The van der Waals surface area contributed by atoms with Gasteiger partial charge in [0.25, 0.3) is 0 Å². The molecule has 120 valence electrons. The number of ketones is 1. The molecular formula is C16H21NO4S. The summed E-state index contributed by atoms with van der Waals surface area (Å²) in [7, 11) is 0. The lowest BCUT2D eigenvalue weighted by molar-refractivity contribution is -0.138. The van der Waals surface area contributed by atoms with Gasteiger partial charge in [-0.25, -0.2) is 0 Å². The minimum atomic E-state index is -0.926. The van der Waals surface area contributed by atoms with Gasteiger partial charge in [0.05, 0.1) is 17.9 Å². The minimum Gasteiger partial charge on any atom is -0.481 e. The van der Waals surface area contributed by atoms with Gasteiger partial charge in [-0.05, 0) is 13.8 Å². The van der Waals surface area contributed by atoms with Crippen LogP contribution in [0.5, 0.6) is 0 Å². The zero-order valence-corrected chi connectivity index (χ0v) is 13.6. The maximum atomic E-state index is 12.1. The van der Waals surface area contributed by atoms with E-state index in [1.54, 1.807) is 24.3 Å². The van der Waals surface area contributed by atoms with Crippen LogP contribution >= 0.6 is 11.8 Å². The van der Waals surface area contributed by atoms with Crippen molar-refractivity contribution in [3.8, 4) is 0 Å². The average Bonchev–Trinajstić information content (AvgIpc) is 2.47. The number of carbonyl (C=O) groups excluding carboxylic acids is 2. The summed E-state index contributed by atoms with van der Waals surface area (Å²) in [5.74, 6) is -0.663. The molecule has 0 atom stereocenters. The van der Waals surface area contributed by atoms with Crippen molar-refractivity contribution in [2.45, 2.75) is 26.3 Å². The third-order valence-electron chi connectivity index (χ3n) is 3.06. The van der Waals surface area contributed by atoms with Crippen LogP contribution in [0.25, 0.3) is 0 Å². The molecule has 0 aliphatic rings. The van der Waals surface area contributed by atoms with E-state index in [9.17, 15) is 14.4 Å². The maximum absolute atomic E-state index is 12.1. The van der Waals surface area contributed by atoms with E-state index in [1.165, 1.54) is 16.7 Å². The van der Waals surface area contributed by atoms with Gasteiger partial charge in [-0.2, -0.15) is 0 Å². The molecule has 6 heteroatoms. The Labute approximate surface area is 134 Å². The van der Waals surface area contributed by atoms with Gasteiger partial charge in [0.15, 0.2) is 5.78 Å². The lowest BCUT2D eigenvalue weighted by atomic mass is 10.2. The number of hydrogen-bond acceptors (Lipinski definition) is 4. The second-order valence-electron chi connectivity index (χ2n) is 5.11. The number of carboxylic acid groups (broad SMARTS) is 1. The van der Waals surface area contributed by atoms with Crippen molar-refractivity contribution in [1.82, 2.24) is 4.90 Å². The summed E-state index contributed by atoms with van der Waals surface area (Å²) in [5, 5.41) is 8.71. The number of thioether (sulfide) groups is 1. The van der Waals surface area contributed by atoms with Gasteiger partial charge in [0.2, 0.25) is 5.91 Å². The van der Waals surface area contributed by atoms with Crippen molar-refractivity contribution in [1.29, 1.82) is 0 Å². The number of hydrogen-bond donors (Lipinski definition) is 1. The molecule has 22 heavy (non-hydrogen) atoms. The quantitative estimate of drug-likeness (QED) is 0.706. The fraction of sp³-hybridized carbons (Fsp3) is 0.438. The molecule has 0 aliphatic carbocycles. The molecule has 1 N–H and O–H groups in total. The van der Waals surface area contributed by atoms with Crippen molar-refractivity contribution in [2.24, 2.45) is 0 Å². The molecule has 1 aromatic carbocycles. The van der Waals surface area contributed by atoms with E-state index in [4.69, 9.17) is 5.11 Å². The zero-order chi connectivity index (χ0) is 16.5. The van der Waals surface area contributed by atoms with Crippen molar-refractivity contribution >= 4 is 29.4 Å². The first-order valence-corrected chi connectivity index (χ1v) is 8.24. The van der Waals surface area contributed by atoms with Gasteiger partial charge in [-0.15, -0.1) is 11.8 Å². The molecule has 0 spiro atoms. The highest BCUT2D eigenvalue weighted by Gasteiger charge is 2.18. The van der Waals surface area contributed by atoms with Crippen LogP contribution in [0, 0.1) is 0 Å². The summed E-state index contributed by atoms with van der Waals surface area (Å²) >= 11 is 1.26. The molecule has 0 aliphatic heterocycles. The summed E-state index contributed by atoms with van der Waals surface area (Å²) in [6.07, 6.45) is -0.0719. The van der Waals surface area contributed by atoms with Gasteiger partial charge >= 0.3 is 5.97 Å². The summed E-state index contributed by atoms with van der Waals surface area (Å²) < 4.78 is 0. The Morgan fingerprint density at radius 2 is 1.77 bits per heavy atom. The number of carbonyl (C=O) groups is 3. The Balaban J connectivity index is 2.43. The molecule has 0 saturated carbocycles. The van der Waals surface area contributed by atoms with Crippen LogP contribution in [0.15, 0.2) is 30.3 Å². The highest BCUT2D eigenvalue weighted by Crippen LogP contribution is 2.10. The Kier molecular flexibility index (Phi) is 7.66. The molecule has 1 rings (SSSR count). The molecule has 0 saturated heterocycles. The molecule has 0 aromatic heterocycles. The molecule has 0 fully saturated rings. The molecule has 1 amide bonds. The number of carboxylic acids is 1. The number of rotatable bonds is 9. The van der Waals surface area contributed by atoms with Gasteiger partial charge < -0.3 is 10.0 Å². The fourth-order valence-corrected chi connectivity index (χ4v) is 2.70. The highest BCUT2D eigenvalue weighted by molar-refractivity contribution is 8.00. The van der Waals surface area contributed by atoms with Crippen LogP contribution in [0.1, 0.15) is 30.6 Å². The number of amides is 1. The first kappa shape index (κ1) is 18.2. The first-order chi connectivity index (χ1) is 10.4. The van der Waals surface area contributed by atoms with Crippen LogP contribution in [-0.4, -0.2) is 51.8 Å². The van der Waals surface area contributed by atoms with Crippen LogP contribution in [0.4, 0.5) is 0 Å². The summed E-state index contributed by atoms with van der Waals surface area (Å²) in [4.78, 5) is 36.2. The fourth-order valence-electron chi connectivity index (χ4n) is 1.91. The van der Waals surface area contributed by atoms with Gasteiger partial charge in [-0.3, -0.25) is 14.4 Å². The van der Waals surface area contributed by atoms with Gasteiger partial charge in [0.1, 0.15) is 0 Å². The van der Waals surface area contributed by atoms with E-state index in [2.05, 4.69) is 0 Å². The molecule has 0 heterocycles. The second kappa shape index (κ2) is 9.25. The number of nitrogens with zero attached hydrogens (tertiary/aromatic N) is 1. The van der Waals surface area contributed by atoms with Crippen molar-refractivity contribution in [3.05, 3.63) is 35.9 Å². The van der Waals surface area contributed by atoms with Crippen LogP contribution in [0.2, 0.25) is 0 Å². The minimum absolute atomic E-state index is 0.0139. The summed E-state index contributed by atoms with van der Waals surface area (Å²) in [6, 6.07) is 8.88. The number of aliphatic carboxylic acids is 1. The van der Waals surface area contributed by atoms with Crippen molar-refractivity contribution in [3.63, 3.8) is 0 Å². The topological polar surface area (TPSA) is 74.7 Å². The SMILES string of the molecule is CC(C)N(CCC(=O)O)C(=O)CSCC(=O)c1ccccc1. The zero-order valence-electron chi connectivity index (χ0n) is 12.8. The van der Waals surface area contributed by atoms with Crippen molar-refractivity contribution < 1.29 is 19.5 Å². The lowest BCUT2D eigenvalue weighted by Gasteiger charge is -2.26. The summed E-state index contributed by atoms with van der Waals surface area (Å²) in [6.45, 7) is 3.89. The van der Waals surface area contributed by atoms with Crippen LogP contribution < -0.4 is 0 Å². The smallest absolute Gasteiger partial charge is 0.305 e. The monoisotopic (exact) mass is 323 g/mol. The largest absolute Gasteiger partial charge is 0.481 e. The Morgan fingerprint density at radius 1 is 1.14 bits per heavy atom. The van der Waals surface area contributed by atoms with E-state index < -0.39 is 5.97 Å².